The van der Waals surface area contributed by atoms with Gasteiger partial charge in [0, 0.05) is 19.5 Å². The fraction of sp³-hybridized carbons (Fsp3) is 0.786. The van der Waals surface area contributed by atoms with E-state index < -0.39 is 0 Å². The van der Waals surface area contributed by atoms with E-state index in [0.29, 0.717) is 0 Å². The summed E-state index contributed by atoms with van der Waals surface area (Å²) in [6.07, 6.45) is 5.44. The number of aromatic nitrogens is 3. The second kappa shape index (κ2) is 5.91. The summed E-state index contributed by atoms with van der Waals surface area (Å²) in [7, 11) is 1.47. The molecule has 2 aliphatic heterocycles. The number of esters is 1. The van der Waals surface area contributed by atoms with Gasteiger partial charge >= 0.3 is 5.97 Å². The van der Waals surface area contributed by atoms with Crippen molar-refractivity contribution in [3.05, 3.63) is 11.6 Å². The van der Waals surface area contributed by atoms with Crippen molar-refractivity contribution < 1.29 is 9.53 Å². The fourth-order valence-corrected chi connectivity index (χ4v) is 3.24. The molecule has 1 saturated heterocycles. The molecular formula is C14H22N4O2. The zero-order valence-electron chi connectivity index (χ0n) is 12.0. The molecule has 1 aromatic rings. The average molecular weight is 278 g/mol. The lowest BCUT2D eigenvalue weighted by Crippen LogP contribution is -2.39. The second-order valence-corrected chi connectivity index (χ2v) is 5.74. The quantitative estimate of drug-likeness (QED) is 0.772. The third-order valence-electron chi connectivity index (χ3n) is 4.34. The fourth-order valence-electron chi connectivity index (χ4n) is 3.24. The highest BCUT2D eigenvalue weighted by molar-refractivity contribution is 5.72. The van der Waals surface area contributed by atoms with Crippen molar-refractivity contribution in [2.75, 3.05) is 20.2 Å². The molecular weight excluding hydrogens is 256 g/mol. The van der Waals surface area contributed by atoms with Crippen LogP contribution in [0.3, 0.4) is 0 Å². The predicted octanol–water partition coefficient (Wildman–Crippen LogP) is 0.999. The SMILES string of the molecule is COC(=O)[C@H]1CCCN(Cc2nnc3n2CCCC3)C1. The van der Waals surface area contributed by atoms with Crippen LogP contribution in [0.1, 0.15) is 37.3 Å². The molecule has 0 saturated carbocycles. The van der Waals surface area contributed by atoms with Crippen LogP contribution in [0.5, 0.6) is 0 Å². The molecule has 6 heteroatoms. The van der Waals surface area contributed by atoms with Gasteiger partial charge in [-0.05, 0) is 32.2 Å². The van der Waals surface area contributed by atoms with E-state index in [4.69, 9.17) is 4.74 Å². The van der Waals surface area contributed by atoms with E-state index in [1.54, 1.807) is 0 Å². The maximum Gasteiger partial charge on any atom is 0.309 e. The van der Waals surface area contributed by atoms with Gasteiger partial charge in [-0.15, -0.1) is 10.2 Å². The van der Waals surface area contributed by atoms with Crippen LogP contribution in [0.25, 0.3) is 0 Å². The van der Waals surface area contributed by atoms with E-state index in [1.807, 2.05) is 0 Å². The number of nitrogens with zero attached hydrogens (tertiary/aromatic N) is 4. The van der Waals surface area contributed by atoms with E-state index in [0.717, 1.165) is 57.1 Å². The molecule has 1 atom stereocenters. The Morgan fingerprint density at radius 3 is 3.05 bits per heavy atom. The number of fused-ring (bicyclic) bond motifs is 1. The Labute approximate surface area is 119 Å². The Kier molecular flexibility index (Phi) is 4.00. The van der Waals surface area contributed by atoms with Crippen LogP contribution in [0.2, 0.25) is 0 Å². The number of carbonyl (C=O) groups is 1. The van der Waals surface area contributed by atoms with E-state index in [-0.39, 0.29) is 11.9 Å². The first-order valence-electron chi connectivity index (χ1n) is 7.49. The van der Waals surface area contributed by atoms with Crippen LogP contribution in [-0.4, -0.2) is 45.8 Å². The molecule has 0 aromatic carbocycles. The van der Waals surface area contributed by atoms with Gasteiger partial charge in [0.25, 0.3) is 0 Å². The largest absolute Gasteiger partial charge is 0.469 e. The van der Waals surface area contributed by atoms with Crippen molar-refractivity contribution in [2.24, 2.45) is 5.92 Å². The van der Waals surface area contributed by atoms with Gasteiger partial charge in [-0.1, -0.05) is 0 Å². The highest BCUT2D eigenvalue weighted by Crippen LogP contribution is 2.21. The number of ether oxygens (including phenoxy) is 1. The molecule has 0 bridgehead atoms. The maximum atomic E-state index is 11.7. The first kappa shape index (κ1) is 13.5. The number of hydrogen-bond acceptors (Lipinski definition) is 5. The van der Waals surface area contributed by atoms with E-state index in [9.17, 15) is 4.79 Å². The van der Waals surface area contributed by atoms with Crippen LogP contribution < -0.4 is 0 Å². The molecule has 0 aliphatic carbocycles. The Morgan fingerprint density at radius 1 is 1.30 bits per heavy atom. The number of aryl methyl sites for hydroxylation is 1. The van der Waals surface area contributed by atoms with Crippen molar-refractivity contribution in [3.8, 4) is 0 Å². The van der Waals surface area contributed by atoms with Crippen LogP contribution in [-0.2, 0) is 29.0 Å². The Hall–Kier alpha value is -1.43. The standard InChI is InChI=1S/C14H22N4O2/c1-20-14(19)11-5-4-7-17(9-11)10-13-16-15-12-6-2-3-8-18(12)13/h11H,2-10H2,1H3/t11-/m0/s1. The number of likely N-dealkylation sites (tertiary alicyclic amines) is 1. The van der Waals surface area contributed by atoms with Crippen LogP contribution in [0.15, 0.2) is 0 Å². The summed E-state index contributed by atoms with van der Waals surface area (Å²) in [4.78, 5) is 14.0. The lowest BCUT2D eigenvalue weighted by Gasteiger charge is -2.31. The zero-order valence-corrected chi connectivity index (χ0v) is 12.0. The molecule has 6 nitrogen and oxygen atoms in total. The predicted molar refractivity (Wildman–Crippen MR) is 73.0 cm³/mol. The van der Waals surface area contributed by atoms with Crippen molar-refractivity contribution in [1.82, 2.24) is 19.7 Å². The molecule has 1 aromatic heterocycles. The van der Waals surface area contributed by atoms with Crippen molar-refractivity contribution in [2.45, 2.75) is 45.2 Å². The average Bonchev–Trinajstić information content (AvgIpc) is 2.90. The minimum absolute atomic E-state index is 0.0116. The number of rotatable bonds is 3. The Balaban J connectivity index is 1.65. The lowest BCUT2D eigenvalue weighted by atomic mass is 9.98. The molecule has 20 heavy (non-hydrogen) atoms. The normalized spacial score (nSPS) is 23.4. The second-order valence-electron chi connectivity index (χ2n) is 5.74. The first-order valence-corrected chi connectivity index (χ1v) is 7.49. The van der Waals surface area contributed by atoms with Crippen molar-refractivity contribution >= 4 is 5.97 Å². The summed E-state index contributed by atoms with van der Waals surface area (Å²) in [6.45, 7) is 3.62. The molecule has 3 heterocycles. The molecule has 0 N–H and O–H groups in total. The van der Waals surface area contributed by atoms with Gasteiger partial charge in [0.2, 0.25) is 0 Å². The van der Waals surface area contributed by atoms with E-state index >= 15 is 0 Å². The summed E-state index contributed by atoms with van der Waals surface area (Å²) in [6, 6.07) is 0. The van der Waals surface area contributed by atoms with Gasteiger partial charge in [0.15, 0.2) is 0 Å². The summed E-state index contributed by atoms with van der Waals surface area (Å²) in [5.41, 5.74) is 0. The maximum absolute atomic E-state index is 11.7. The van der Waals surface area contributed by atoms with Gasteiger partial charge in [-0.3, -0.25) is 9.69 Å². The lowest BCUT2D eigenvalue weighted by molar-refractivity contribution is -0.147. The van der Waals surface area contributed by atoms with Crippen molar-refractivity contribution in [3.63, 3.8) is 0 Å². The minimum Gasteiger partial charge on any atom is -0.469 e. The van der Waals surface area contributed by atoms with Gasteiger partial charge in [0.1, 0.15) is 11.6 Å². The molecule has 0 unspecified atom stereocenters. The Morgan fingerprint density at radius 2 is 2.20 bits per heavy atom. The van der Waals surface area contributed by atoms with Crippen LogP contribution in [0, 0.1) is 5.92 Å². The summed E-state index contributed by atoms with van der Waals surface area (Å²) in [5.74, 6) is 2.09. The summed E-state index contributed by atoms with van der Waals surface area (Å²) >= 11 is 0. The molecule has 0 radical (unpaired) electrons. The highest BCUT2D eigenvalue weighted by Gasteiger charge is 2.27. The monoisotopic (exact) mass is 278 g/mol. The molecule has 0 spiro atoms. The number of carbonyl (C=O) groups excluding carboxylic acids is 1. The van der Waals surface area contributed by atoms with E-state index in [1.165, 1.54) is 20.0 Å². The molecule has 110 valence electrons. The summed E-state index contributed by atoms with van der Waals surface area (Å²) in [5, 5.41) is 8.62. The third-order valence-corrected chi connectivity index (χ3v) is 4.34. The van der Waals surface area contributed by atoms with Gasteiger partial charge in [-0.25, -0.2) is 0 Å². The minimum atomic E-state index is -0.0852. The summed E-state index contributed by atoms with van der Waals surface area (Å²) < 4.78 is 7.12. The molecule has 2 aliphatic rings. The smallest absolute Gasteiger partial charge is 0.309 e. The number of methoxy groups -OCH3 is 1. The zero-order chi connectivity index (χ0) is 13.9. The van der Waals surface area contributed by atoms with Crippen LogP contribution >= 0.6 is 0 Å². The van der Waals surface area contributed by atoms with Gasteiger partial charge in [0.05, 0.1) is 19.6 Å². The topological polar surface area (TPSA) is 60.2 Å². The number of hydrogen-bond donors (Lipinski definition) is 0. The van der Waals surface area contributed by atoms with E-state index in [2.05, 4.69) is 19.7 Å². The molecule has 3 rings (SSSR count). The third kappa shape index (κ3) is 2.70. The highest BCUT2D eigenvalue weighted by atomic mass is 16.5. The molecule has 1 fully saturated rings. The van der Waals surface area contributed by atoms with Crippen molar-refractivity contribution in [1.29, 1.82) is 0 Å². The van der Waals surface area contributed by atoms with Gasteiger partial charge in [-0.2, -0.15) is 0 Å². The van der Waals surface area contributed by atoms with Crippen LogP contribution in [0.4, 0.5) is 0 Å². The van der Waals surface area contributed by atoms with Gasteiger partial charge < -0.3 is 9.30 Å². The first-order chi connectivity index (χ1) is 9.78. The Bertz CT molecular complexity index is 486. The number of piperidine rings is 1. The molecule has 0 amide bonds.